The van der Waals surface area contributed by atoms with Crippen LogP contribution in [0.15, 0.2) is 364 Å². The molecule has 36 heteroatoms. The minimum absolute atomic E-state index is 0.0640. The first kappa shape index (κ1) is 102. The van der Waals surface area contributed by atoms with Crippen molar-refractivity contribution in [1.29, 1.82) is 0 Å². The van der Waals surface area contributed by atoms with Gasteiger partial charge in [0.1, 0.15) is 51.7 Å². The molecule has 0 bridgehead atoms. The summed E-state index contributed by atoms with van der Waals surface area (Å²) in [6.07, 6.45) is 12.0. The van der Waals surface area contributed by atoms with Crippen LogP contribution in [-0.4, -0.2) is 125 Å². The molecule has 33 nitrogen and oxygen atoms in total. The Hall–Kier alpha value is -19.2. The first-order valence-corrected chi connectivity index (χ1v) is 45.5. The van der Waals surface area contributed by atoms with Crippen LogP contribution in [0.3, 0.4) is 0 Å². The minimum Gasteiger partial charge on any atom is -0.462 e. The fourth-order valence-corrected chi connectivity index (χ4v) is 15.0. The number of hydrazone groups is 3. The topological polar surface area (TPSA) is 427 Å². The fraction of sp³-hybridized carbons (Fsp3) is 0.0556. The summed E-state index contributed by atoms with van der Waals surface area (Å²) in [4.78, 5) is 159. The van der Waals surface area contributed by atoms with Gasteiger partial charge in [-0.3, -0.25) is 16.3 Å². The van der Waals surface area contributed by atoms with Gasteiger partial charge in [-0.15, -0.1) is 0 Å². The van der Waals surface area contributed by atoms with E-state index in [-0.39, 0.29) is 93.8 Å². The van der Waals surface area contributed by atoms with E-state index in [1.165, 1.54) is 210 Å². The Morgan fingerprint density at radius 1 is 0.264 bits per heavy atom. The average Bonchev–Trinajstić information content (AvgIpc) is 1.15. The first-order chi connectivity index (χ1) is 69.9. The Morgan fingerprint density at radius 3 is 0.833 bits per heavy atom. The Labute approximate surface area is 832 Å². The summed E-state index contributed by atoms with van der Waals surface area (Å²) in [6, 6.07) is 73.8. The smallest absolute Gasteiger partial charge is 0.343 e. The highest BCUT2D eigenvalue weighted by Crippen LogP contribution is 2.33. The summed E-state index contributed by atoms with van der Waals surface area (Å²) < 4.78 is 66.5. The number of esters is 12. The van der Waals surface area contributed by atoms with Gasteiger partial charge in [-0.2, -0.15) is 15.3 Å². The summed E-state index contributed by atoms with van der Waals surface area (Å²) in [5.41, 5.74) is 16.9. The number of carbonyl (C=O) groups is 12. The van der Waals surface area contributed by atoms with Crippen LogP contribution in [-0.2, 0) is 62.2 Å². The van der Waals surface area contributed by atoms with E-state index in [9.17, 15) is 57.5 Å². The third-order valence-corrected chi connectivity index (χ3v) is 22.4. The Bertz CT molecular complexity index is 7340. The molecule has 12 aromatic carbocycles. The molecule has 3 N–H and O–H groups in total. The summed E-state index contributed by atoms with van der Waals surface area (Å²) in [5, 5.41) is 14.7. The fourth-order valence-electron chi connectivity index (χ4n) is 12.5. The predicted octanol–water partition coefficient (Wildman–Crippen LogP) is 19.6. The number of para-hydroxylation sites is 3. The number of hydrogen-bond acceptors (Lipinski definition) is 36. The van der Waals surface area contributed by atoms with Crippen molar-refractivity contribution in [3.05, 3.63) is 416 Å². The molecular formula is C108H81N9O24S3. The van der Waals surface area contributed by atoms with Gasteiger partial charge in [0.2, 0.25) is 15.4 Å². The zero-order valence-corrected chi connectivity index (χ0v) is 78.3. The van der Waals surface area contributed by atoms with Gasteiger partial charge in [-0.25, -0.2) is 72.5 Å². The van der Waals surface area contributed by atoms with Gasteiger partial charge in [0, 0.05) is 66.8 Å². The molecule has 0 atom stereocenters. The van der Waals surface area contributed by atoms with Gasteiger partial charge in [-0.1, -0.05) is 128 Å². The Balaban J connectivity index is 0.000000181. The molecule has 144 heavy (non-hydrogen) atoms. The molecule has 0 unspecified atom stereocenters. The number of hydrogen-bond donors (Lipinski definition) is 3. The monoisotopic (exact) mass is 1980 g/mol. The number of aromatic nitrogens is 3. The quantitative estimate of drug-likeness (QED) is 0.00804. The van der Waals surface area contributed by atoms with Crippen molar-refractivity contribution in [2.24, 2.45) is 15.3 Å². The molecule has 0 amide bonds. The van der Waals surface area contributed by atoms with Gasteiger partial charge in [0.15, 0.2) is 0 Å². The molecule has 0 aliphatic carbocycles. The second-order valence-corrected chi connectivity index (χ2v) is 32.5. The van der Waals surface area contributed by atoms with E-state index in [0.717, 1.165) is 89.4 Å². The minimum atomic E-state index is -0.697. The summed E-state index contributed by atoms with van der Waals surface area (Å²) in [5.74, 6) is -5.23. The molecule has 0 aliphatic heterocycles. The number of benzene rings is 12. The molecule has 0 saturated heterocycles. The van der Waals surface area contributed by atoms with E-state index < -0.39 is 71.6 Å². The van der Waals surface area contributed by atoms with Crippen molar-refractivity contribution in [2.45, 2.75) is 19.3 Å². The molecule has 15 rings (SSSR count). The second-order valence-electron chi connectivity index (χ2n) is 29.4. The molecule has 15 aromatic rings. The molecule has 720 valence electrons. The lowest BCUT2D eigenvalue weighted by Gasteiger charge is -2.11. The largest absolute Gasteiger partial charge is 0.462 e. The third-order valence-electron chi connectivity index (χ3n) is 19.6. The SMILES string of the molecule is C=CC(=O)Oc1ccc(C(=O)OCCc2ccc(CCOC(=O)c3ccc(OC(=O)C=C)cc3)c(/C=N/Nc3nc4ccccc4s3)c2)cc1.C=CC(=O)Oc1ccc(C(=O)OCCc2ccc(OC(=O)c3ccc(OC(=O)C=C)cc3)c(/C=N/Nc3nc4ccccc4s3)c2)cc1.C=CC(=O)Oc1ccc(C(=O)Oc2ccc(OC(=O)c3ccc(OC(=O)C=C)cc3)c(/C=N/Nc3nc4ccccc4s3)c2)cc1. The molecule has 3 aromatic heterocycles. The number of ether oxygens (including phenoxy) is 12. The van der Waals surface area contributed by atoms with Gasteiger partial charge >= 0.3 is 71.6 Å². The molecule has 0 radical (unpaired) electrons. The highest BCUT2D eigenvalue weighted by atomic mass is 32.1. The van der Waals surface area contributed by atoms with E-state index in [1.807, 2.05) is 91.0 Å². The van der Waals surface area contributed by atoms with Gasteiger partial charge in [-0.05, 0) is 241 Å². The van der Waals surface area contributed by atoms with Crippen LogP contribution in [0.2, 0.25) is 0 Å². The van der Waals surface area contributed by atoms with Crippen molar-refractivity contribution < 1.29 is 114 Å². The van der Waals surface area contributed by atoms with Gasteiger partial charge in [0.25, 0.3) is 0 Å². The number of nitrogens with zero attached hydrogens (tertiary/aromatic N) is 6. The Kier molecular flexibility index (Phi) is 36.4. The number of thiazole rings is 3. The van der Waals surface area contributed by atoms with E-state index >= 15 is 0 Å². The lowest BCUT2D eigenvalue weighted by Crippen LogP contribution is -2.11. The van der Waals surface area contributed by atoms with Crippen LogP contribution in [0.1, 0.15) is 95.5 Å². The highest BCUT2D eigenvalue weighted by Gasteiger charge is 2.21. The van der Waals surface area contributed by atoms with E-state index in [2.05, 4.69) is 86.0 Å². The van der Waals surface area contributed by atoms with Gasteiger partial charge in [0.05, 0.1) is 102 Å². The lowest BCUT2D eigenvalue weighted by atomic mass is 10.0. The molecule has 3 heterocycles. The number of anilines is 3. The summed E-state index contributed by atoms with van der Waals surface area (Å²) >= 11 is 4.32. The van der Waals surface area contributed by atoms with Crippen molar-refractivity contribution >= 4 is 170 Å². The molecule has 0 spiro atoms. The van der Waals surface area contributed by atoms with Crippen LogP contribution < -0.4 is 58.9 Å². The van der Waals surface area contributed by atoms with Crippen molar-refractivity contribution in [3.63, 3.8) is 0 Å². The highest BCUT2D eigenvalue weighted by molar-refractivity contribution is 7.22. The zero-order valence-electron chi connectivity index (χ0n) is 75.9. The lowest BCUT2D eigenvalue weighted by molar-refractivity contribution is -0.129. The standard InChI is InChI=1S/C38H31N3O8S.C36H27N3O8S.C34H23N3O8S/c1-3-34(42)48-30-15-11-27(12-16-30)36(44)46-21-19-25-9-10-26(20-22-47-37(45)28-13-17-31(18-14-28)49-35(43)4-2)29(23-25)24-39-41-38-40-32-7-5-6-8-33(32)50-38;1-3-32(40)45-27-14-10-24(11-15-27)34(42)44-20-19-23-9-18-30(47-35(43)25-12-16-28(17-13-25)46-33(41)4-2)26(21-23)22-37-39-36-38-29-7-5-6-8-31(29)48-36;1-3-30(38)42-24-13-9-21(10-14-24)32(40)44-26-17-18-28(45-33(41)22-11-15-25(16-12-22)43-31(39)4-2)23(19-26)20-35-37-34-36-27-7-5-6-8-29(27)46-34/h3-18,23-24H,1-2,19-22H2,(H,40,41);3-18,21-22H,1-2,19-20H2,(H,38,39);3-20H,1-2H2,(H,36,37)/b39-24+;37-22+;35-20+. The third kappa shape index (κ3) is 30.4. The molecule has 0 saturated carbocycles. The van der Waals surface area contributed by atoms with Crippen LogP contribution in [0.5, 0.6) is 51.7 Å². The van der Waals surface area contributed by atoms with E-state index in [0.29, 0.717) is 56.9 Å². The Morgan fingerprint density at radius 2 is 0.521 bits per heavy atom. The van der Waals surface area contributed by atoms with Crippen molar-refractivity contribution in [3.8, 4) is 51.7 Å². The number of rotatable bonds is 39. The summed E-state index contributed by atoms with van der Waals surface area (Å²) in [7, 11) is 0. The second kappa shape index (κ2) is 51.3. The molecule has 0 fully saturated rings. The zero-order chi connectivity index (χ0) is 102. The first-order valence-electron chi connectivity index (χ1n) is 43.1. The van der Waals surface area contributed by atoms with Crippen LogP contribution >= 0.6 is 34.0 Å². The van der Waals surface area contributed by atoms with E-state index in [1.54, 1.807) is 24.4 Å². The summed E-state index contributed by atoms with van der Waals surface area (Å²) in [6.45, 7) is 20.4. The van der Waals surface area contributed by atoms with Crippen molar-refractivity contribution in [2.75, 3.05) is 36.1 Å². The van der Waals surface area contributed by atoms with Crippen LogP contribution in [0, 0.1) is 0 Å². The number of carbonyl (C=O) groups excluding carboxylic acids is 12. The number of fused-ring (bicyclic) bond motifs is 3. The maximum Gasteiger partial charge on any atom is 0.343 e. The maximum absolute atomic E-state index is 13.0. The molecule has 0 aliphatic rings. The predicted molar refractivity (Wildman–Crippen MR) is 542 cm³/mol. The normalized spacial score (nSPS) is 10.7. The average molecular weight is 1990 g/mol. The van der Waals surface area contributed by atoms with Crippen LogP contribution in [0.4, 0.5) is 15.4 Å². The van der Waals surface area contributed by atoms with E-state index in [4.69, 9.17) is 56.8 Å². The molecular weight excluding hydrogens is 1900 g/mol. The maximum atomic E-state index is 13.0. The van der Waals surface area contributed by atoms with Gasteiger partial charge < -0.3 is 56.8 Å². The number of nitrogens with one attached hydrogen (secondary N) is 3. The van der Waals surface area contributed by atoms with Crippen molar-refractivity contribution in [1.82, 2.24) is 15.0 Å². The van der Waals surface area contributed by atoms with Crippen LogP contribution in [0.25, 0.3) is 30.6 Å².